The van der Waals surface area contributed by atoms with Gasteiger partial charge in [-0.25, -0.2) is 4.21 Å². The molecule has 0 saturated heterocycles. The summed E-state index contributed by atoms with van der Waals surface area (Å²) >= 11 is -2.99. The van der Waals surface area contributed by atoms with E-state index in [1.807, 2.05) is 0 Å². The van der Waals surface area contributed by atoms with Crippen LogP contribution in [0.4, 0.5) is 4.53 Å². The summed E-state index contributed by atoms with van der Waals surface area (Å²) in [6.07, 6.45) is 0. The van der Waals surface area contributed by atoms with E-state index in [2.05, 4.69) is 4.39 Å². The third-order valence-electron chi connectivity index (χ3n) is 0.0514. The average molecular weight is 138 g/mol. The van der Waals surface area contributed by atoms with Crippen molar-refractivity contribution in [2.24, 2.45) is 0 Å². The Morgan fingerprint density at radius 3 is 2.00 bits per heavy atom. The topological polar surface area (TPSA) is 49.4 Å². The van der Waals surface area contributed by atoms with Gasteiger partial charge in [-0.2, -0.15) is 0 Å². The molecule has 0 bridgehead atoms. The molecule has 0 N–H and O–H groups in total. The summed E-state index contributed by atoms with van der Waals surface area (Å²) < 4.78 is 29.7. The molecule has 0 spiro atoms. The Labute approximate surface area is 79.1 Å². The fourth-order valence-electron chi connectivity index (χ4n) is 0. The van der Waals surface area contributed by atoms with Gasteiger partial charge in [-0.05, 0) is 4.53 Å². The molecule has 0 heterocycles. The molecule has 1 unspecified atom stereocenters. The zero-order chi connectivity index (χ0) is 4.28. The summed E-state index contributed by atoms with van der Waals surface area (Å²) in [5.41, 5.74) is 0. The molecular formula is FKO3S. The fraction of sp³-hybridized carbons (Fsp3) is 0. The second-order valence-electron chi connectivity index (χ2n) is 0.267. The van der Waals surface area contributed by atoms with E-state index in [1.54, 1.807) is 0 Å². The molecule has 0 aromatic carbocycles. The molecule has 0 fully saturated rings. The number of halogens is 1. The Morgan fingerprint density at radius 2 is 2.00 bits per heavy atom. The zero-order valence-electron chi connectivity index (χ0n) is 3.01. The SMILES string of the molecule is O=S([O-])OF.[K+]. The minimum absolute atomic E-state index is 0. The van der Waals surface area contributed by atoms with Crippen LogP contribution in [0.25, 0.3) is 0 Å². The molecule has 0 aromatic heterocycles. The predicted octanol–water partition coefficient (Wildman–Crippen LogP) is -3.31. The van der Waals surface area contributed by atoms with Crippen LogP contribution >= 0.6 is 0 Å². The van der Waals surface area contributed by atoms with Crippen molar-refractivity contribution in [2.75, 3.05) is 0 Å². The van der Waals surface area contributed by atoms with Gasteiger partial charge in [0.1, 0.15) is 11.4 Å². The molecule has 0 aromatic rings. The van der Waals surface area contributed by atoms with Gasteiger partial charge < -0.3 is 4.55 Å². The molecule has 0 aliphatic rings. The van der Waals surface area contributed by atoms with Gasteiger partial charge >= 0.3 is 51.4 Å². The molecule has 0 rings (SSSR count). The van der Waals surface area contributed by atoms with Crippen LogP contribution in [-0.4, -0.2) is 8.76 Å². The van der Waals surface area contributed by atoms with Crippen LogP contribution in [0.5, 0.6) is 0 Å². The van der Waals surface area contributed by atoms with Crippen LogP contribution in [0.15, 0.2) is 0 Å². The van der Waals surface area contributed by atoms with Crippen molar-refractivity contribution >= 4 is 11.4 Å². The quantitative estimate of drug-likeness (QED) is 0.281. The Bertz CT molecular complexity index is 46.1. The van der Waals surface area contributed by atoms with E-state index in [-0.39, 0.29) is 51.4 Å². The van der Waals surface area contributed by atoms with E-state index in [0.717, 1.165) is 0 Å². The van der Waals surface area contributed by atoms with E-state index in [4.69, 9.17) is 8.76 Å². The Morgan fingerprint density at radius 1 is 1.83 bits per heavy atom. The van der Waals surface area contributed by atoms with Gasteiger partial charge in [-0.3, -0.25) is 0 Å². The summed E-state index contributed by atoms with van der Waals surface area (Å²) in [7, 11) is 0. The van der Waals surface area contributed by atoms with E-state index in [9.17, 15) is 4.53 Å². The molecule has 6 heteroatoms. The molecule has 3 nitrogen and oxygen atoms in total. The van der Waals surface area contributed by atoms with E-state index >= 15 is 0 Å². The van der Waals surface area contributed by atoms with Gasteiger partial charge in [0.15, 0.2) is 0 Å². The molecule has 1 atom stereocenters. The smallest absolute Gasteiger partial charge is 0.747 e. The largest absolute Gasteiger partial charge is 1.00 e. The van der Waals surface area contributed by atoms with Crippen molar-refractivity contribution < 1.29 is 69.1 Å². The van der Waals surface area contributed by atoms with Gasteiger partial charge in [-0.15, -0.1) is 4.39 Å². The van der Waals surface area contributed by atoms with Crippen LogP contribution in [0.1, 0.15) is 0 Å². The summed E-state index contributed by atoms with van der Waals surface area (Å²) in [5, 5.41) is 0. The van der Waals surface area contributed by atoms with Crippen molar-refractivity contribution in [2.45, 2.75) is 0 Å². The maximum atomic E-state index is 10.0. The molecule has 6 heavy (non-hydrogen) atoms. The van der Waals surface area contributed by atoms with Gasteiger partial charge in [0.2, 0.25) is 0 Å². The zero-order valence-corrected chi connectivity index (χ0v) is 6.95. The number of hydrogen-bond acceptors (Lipinski definition) is 3. The van der Waals surface area contributed by atoms with Gasteiger partial charge in [0, 0.05) is 0 Å². The molecule has 0 radical (unpaired) electrons. The molecule has 0 amide bonds. The molecule has 0 aliphatic carbocycles. The number of rotatable bonds is 1. The Hall–Kier alpha value is 1.64. The van der Waals surface area contributed by atoms with Crippen molar-refractivity contribution in [3.05, 3.63) is 0 Å². The van der Waals surface area contributed by atoms with Crippen LogP contribution in [0.2, 0.25) is 0 Å². The predicted molar refractivity (Wildman–Crippen MR) is 11.1 cm³/mol. The van der Waals surface area contributed by atoms with Crippen LogP contribution < -0.4 is 51.4 Å². The minimum atomic E-state index is -2.99. The Balaban J connectivity index is 0. The normalized spacial score (nSPS) is 12.3. The monoisotopic (exact) mass is 138 g/mol. The minimum Gasteiger partial charge on any atom is -0.747 e. The average Bonchev–Trinajstić information content (AvgIpc) is 1.38. The summed E-state index contributed by atoms with van der Waals surface area (Å²) in [5.74, 6) is 0. The van der Waals surface area contributed by atoms with Gasteiger partial charge in [0.25, 0.3) is 0 Å². The molecule has 32 valence electrons. The third-order valence-corrected chi connectivity index (χ3v) is 0.154. The van der Waals surface area contributed by atoms with Crippen LogP contribution in [0.3, 0.4) is 0 Å². The van der Waals surface area contributed by atoms with E-state index < -0.39 is 11.4 Å². The first-order valence-electron chi connectivity index (χ1n) is 0.654. The first-order chi connectivity index (χ1) is 2.27. The molecular weight excluding hydrogens is 138 g/mol. The number of hydrogen-bond donors (Lipinski definition) is 0. The van der Waals surface area contributed by atoms with Crippen molar-refractivity contribution in [3.63, 3.8) is 0 Å². The fourth-order valence-corrected chi connectivity index (χ4v) is 0. The summed E-state index contributed by atoms with van der Waals surface area (Å²) in [6, 6.07) is 0. The second-order valence-corrected chi connectivity index (χ2v) is 0.801. The molecule has 0 saturated carbocycles. The van der Waals surface area contributed by atoms with E-state index in [0.29, 0.717) is 0 Å². The maximum Gasteiger partial charge on any atom is 1.00 e. The van der Waals surface area contributed by atoms with Crippen molar-refractivity contribution in [1.82, 2.24) is 0 Å². The summed E-state index contributed by atoms with van der Waals surface area (Å²) in [6.45, 7) is 0. The molecule has 0 aliphatic heterocycles. The van der Waals surface area contributed by atoms with Crippen molar-refractivity contribution in [3.8, 4) is 0 Å². The third kappa shape index (κ3) is 9.16. The first-order valence-corrected chi connectivity index (χ1v) is 1.65. The maximum absolute atomic E-state index is 10.0. The Kier molecular flexibility index (Phi) is 11.7. The van der Waals surface area contributed by atoms with Gasteiger partial charge in [-0.1, -0.05) is 0 Å². The van der Waals surface area contributed by atoms with Gasteiger partial charge in [0.05, 0.1) is 0 Å². The van der Waals surface area contributed by atoms with Crippen molar-refractivity contribution in [1.29, 1.82) is 0 Å². The first kappa shape index (κ1) is 10.6. The standard InChI is InChI=1S/FHO3S.K/c1-4-5(2)3;/h(H,2,3);/q;+1/p-1. The second kappa shape index (κ2) is 6.64. The van der Waals surface area contributed by atoms with Crippen LogP contribution in [0, 0.1) is 0 Å². The van der Waals surface area contributed by atoms with E-state index in [1.165, 1.54) is 0 Å². The van der Waals surface area contributed by atoms with Crippen LogP contribution in [-0.2, 0) is 15.7 Å². The summed E-state index contributed by atoms with van der Waals surface area (Å²) in [4.78, 5) is 0.